The summed E-state index contributed by atoms with van der Waals surface area (Å²) in [5.74, 6) is -2.48. The molecule has 17 heavy (non-hydrogen) atoms. The van der Waals surface area contributed by atoms with E-state index in [4.69, 9.17) is 28.8 Å². The van der Waals surface area contributed by atoms with Crippen molar-refractivity contribution in [3.8, 4) is 0 Å². The predicted molar refractivity (Wildman–Crippen MR) is 66.2 cm³/mol. The van der Waals surface area contributed by atoms with Gasteiger partial charge in [-0.05, 0) is 22.0 Å². The second kappa shape index (κ2) is 5.28. The topological polar surface area (TPSA) is 103 Å². The first-order chi connectivity index (χ1) is 7.82. The lowest BCUT2D eigenvalue weighted by atomic mass is 10.3. The highest BCUT2D eigenvalue weighted by atomic mass is 79.9. The zero-order valence-corrected chi connectivity index (χ0v) is 10.6. The van der Waals surface area contributed by atoms with Gasteiger partial charge in [0, 0.05) is 0 Å². The molecule has 0 saturated carbocycles. The minimum absolute atomic E-state index is 0.267. The molecular formula is C8H7BrClF2N5. The standard InChI is InChI=1S/C8H7BrClF2N5/c9-4-5(12)2(10)1-3(11)6(4)16-8(15)17-7(13)14/h1H,(H6,13,14,15,16,17). The summed E-state index contributed by atoms with van der Waals surface area (Å²) in [5, 5.41) is -0.381. The molecule has 0 aliphatic heterocycles. The van der Waals surface area contributed by atoms with Gasteiger partial charge in [0.25, 0.3) is 0 Å². The molecule has 0 aliphatic carbocycles. The van der Waals surface area contributed by atoms with Crippen LogP contribution in [0.5, 0.6) is 0 Å². The Labute approximate surface area is 108 Å². The van der Waals surface area contributed by atoms with E-state index in [1.807, 2.05) is 0 Å². The van der Waals surface area contributed by atoms with Crippen molar-refractivity contribution < 1.29 is 8.78 Å². The molecule has 0 radical (unpaired) electrons. The lowest BCUT2D eigenvalue weighted by molar-refractivity contribution is 0.597. The molecule has 0 atom stereocenters. The van der Waals surface area contributed by atoms with Gasteiger partial charge >= 0.3 is 0 Å². The van der Waals surface area contributed by atoms with Gasteiger partial charge in [0.15, 0.2) is 17.6 Å². The highest BCUT2D eigenvalue weighted by Gasteiger charge is 2.15. The number of aliphatic imine (C=N–C) groups is 2. The molecule has 0 spiro atoms. The molecule has 0 aromatic heterocycles. The Morgan fingerprint density at radius 3 is 2.41 bits per heavy atom. The minimum atomic E-state index is -0.864. The average Bonchev–Trinajstić information content (AvgIpc) is 2.20. The SMILES string of the molecule is NC(N)=NC(N)=Nc1c(F)cc(Cl)c(F)c1Br. The Hall–Kier alpha value is -1.41. The van der Waals surface area contributed by atoms with Crippen LogP contribution in [-0.2, 0) is 0 Å². The van der Waals surface area contributed by atoms with E-state index in [1.165, 1.54) is 0 Å². The number of halogens is 4. The Kier molecular flexibility index (Phi) is 4.24. The van der Waals surface area contributed by atoms with E-state index >= 15 is 0 Å². The van der Waals surface area contributed by atoms with Gasteiger partial charge in [-0.3, -0.25) is 0 Å². The molecule has 0 unspecified atom stereocenters. The molecule has 1 rings (SSSR count). The number of nitrogens with two attached hydrogens (primary N) is 3. The van der Waals surface area contributed by atoms with Crippen molar-refractivity contribution in [2.24, 2.45) is 27.2 Å². The molecule has 1 aromatic rings. The molecule has 9 heteroatoms. The largest absolute Gasteiger partial charge is 0.370 e. The molecule has 0 aliphatic rings. The fraction of sp³-hybridized carbons (Fsp3) is 0. The van der Waals surface area contributed by atoms with Gasteiger partial charge in [0.05, 0.1) is 9.50 Å². The van der Waals surface area contributed by atoms with E-state index in [0.717, 1.165) is 6.07 Å². The van der Waals surface area contributed by atoms with Gasteiger partial charge in [0.2, 0.25) is 5.96 Å². The third kappa shape index (κ3) is 3.27. The van der Waals surface area contributed by atoms with E-state index in [0.29, 0.717) is 0 Å². The molecule has 0 amide bonds. The number of hydrogen-bond acceptors (Lipinski definition) is 1. The predicted octanol–water partition coefficient (Wildman–Crippen LogP) is 1.60. The molecule has 0 saturated heterocycles. The maximum absolute atomic E-state index is 13.4. The molecule has 0 heterocycles. The maximum Gasteiger partial charge on any atom is 0.223 e. The lowest BCUT2D eigenvalue weighted by Gasteiger charge is -2.04. The molecule has 92 valence electrons. The van der Waals surface area contributed by atoms with E-state index in [2.05, 4.69) is 25.9 Å². The summed E-state index contributed by atoms with van der Waals surface area (Å²) in [6.07, 6.45) is 0. The van der Waals surface area contributed by atoms with Crippen molar-refractivity contribution in [1.29, 1.82) is 0 Å². The van der Waals surface area contributed by atoms with Crippen LogP contribution in [0.2, 0.25) is 5.02 Å². The van der Waals surface area contributed by atoms with Crippen LogP contribution >= 0.6 is 27.5 Å². The van der Waals surface area contributed by atoms with Gasteiger partial charge in [-0.15, -0.1) is 0 Å². The first-order valence-electron chi connectivity index (χ1n) is 4.09. The average molecular weight is 327 g/mol. The molecule has 5 nitrogen and oxygen atoms in total. The fourth-order valence-corrected chi connectivity index (χ4v) is 1.73. The second-order valence-electron chi connectivity index (χ2n) is 2.82. The zero-order chi connectivity index (χ0) is 13.2. The van der Waals surface area contributed by atoms with Crippen molar-refractivity contribution in [3.63, 3.8) is 0 Å². The monoisotopic (exact) mass is 325 g/mol. The molecule has 0 fully saturated rings. The van der Waals surface area contributed by atoms with Crippen molar-refractivity contribution in [2.45, 2.75) is 0 Å². The van der Waals surface area contributed by atoms with Crippen LogP contribution in [0.15, 0.2) is 20.5 Å². The number of hydrogen-bond donors (Lipinski definition) is 3. The van der Waals surface area contributed by atoms with Gasteiger partial charge in [-0.2, -0.15) is 4.99 Å². The van der Waals surface area contributed by atoms with Crippen LogP contribution in [0.3, 0.4) is 0 Å². The highest BCUT2D eigenvalue weighted by Crippen LogP contribution is 2.35. The third-order valence-corrected chi connectivity index (χ3v) is 2.56. The molecule has 6 N–H and O–H groups in total. The molecule has 0 bridgehead atoms. The minimum Gasteiger partial charge on any atom is -0.370 e. The Morgan fingerprint density at radius 1 is 1.29 bits per heavy atom. The van der Waals surface area contributed by atoms with Crippen LogP contribution in [-0.4, -0.2) is 11.9 Å². The van der Waals surface area contributed by atoms with Gasteiger partial charge in [-0.1, -0.05) is 11.6 Å². The smallest absolute Gasteiger partial charge is 0.223 e. The third-order valence-electron chi connectivity index (χ3n) is 1.56. The van der Waals surface area contributed by atoms with Crippen molar-refractivity contribution in [1.82, 2.24) is 0 Å². The van der Waals surface area contributed by atoms with Crippen molar-refractivity contribution in [3.05, 3.63) is 27.2 Å². The molecular weight excluding hydrogens is 319 g/mol. The summed E-state index contributed by atoms with van der Waals surface area (Å²) in [4.78, 5) is 6.89. The van der Waals surface area contributed by atoms with Crippen LogP contribution in [0.25, 0.3) is 0 Å². The quantitative estimate of drug-likeness (QED) is 0.316. The fourth-order valence-electron chi connectivity index (χ4n) is 0.931. The van der Waals surface area contributed by atoms with Gasteiger partial charge in [-0.25, -0.2) is 13.8 Å². The molecule has 1 aromatic carbocycles. The summed E-state index contributed by atoms with van der Waals surface area (Å²) in [5.41, 5.74) is 15.0. The Bertz CT molecular complexity index is 513. The maximum atomic E-state index is 13.4. The van der Waals surface area contributed by atoms with E-state index in [9.17, 15) is 8.78 Å². The summed E-state index contributed by atoms with van der Waals surface area (Å²) in [6, 6.07) is 0.767. The van der Waals surface area contributed by atoms with E-state index in [1.54, 1.807) is 0 Å². The first-order valence-corrected chi connectivity index (χ1v) is 5.26. The highest BCUT2D eigenvalue weighted by molar-refractivity contribution is 9.10. The number of guanidine groups is 2. The van der Waals surface area contributed by atoms with E-state index < -0.39 is 17.6 Å². The Morgan fingerprint density at radius 2 is 1.88 bits per heavy atom. The first kappa shape index (κ1) is 13.7. The van der Waals surface area contributed by atoms with Crippen LogP contribution in [0.4, 0.5) is 14.5 Å². The second-order valence-corrected chi connectivity index (χ2v) is 4.02. The summed E-state index contributed by atoms with van der Waals surface area (Å²) >= 11 is 8.22. The van der Waals surface area contributed by atoms with Crippen LogP contribution in [0, 0.1) is 11.6 Å². The van der Waals surface area contributed by atoms with Gasteiger partial charge in [0.1, 0.15) is 5.69 Å². The Balaban J connectivity index is 3.34. The number of benzene rings is 1. The lowest BCUT2D eigenvalue weighted by Crippen LogP contribution is -2.26. The summed E-state index contributed by atoms with van der Waals surface area (Å²) in [6.45, 7) is 0. The zero-order valence-electron chi connectivity index (χ0n) is 8.22. The van der Waals surface area contributed by atoms with E-state index in [-0.39, 0.29) is 21.1 Å². The number of rotatable bonds is 1. The van der Waals surface area contributed by atoms with Crippen LogP contribution in [0.1, 0.15) is 0 Å². The summed E-state index contributed by atoms with van der Waals surface area (Å²) < 4.78 is 26.5. The van der Waals surface area contributed by atoms with Crippen molar-refractivity contribution >= 4 is 45.1 Å². The van der Waals surface area contributed by atoms with Gasteiger partial charge < -0.3 is 17.2 Å². The number of nitrogens with zero attached hydrogens (tertiary/aromatic N) is 2. The van der Waals surface area contributed by atoms with Crippen molar-refractivity contribution in [2.75, 3.05) is 0 Å². The summed E-state index contributed by atoms with van der Waals surface area (Å²) in [7, 11) is 0. The normalized spacial score (nSPS) is 11.4. The van der Waals surface area contributed by atoms with Crippen LogP contribution < -0.4 is 17.2 Å².